The minimum atomic E-state index is 0.0859. The lowest BCUT2D eigenvalue weighted by Crippen LogP contribution is -2.32. The number of rotatable bonds is 7. The number of para-hydroxylation sites is 1. The molecule has 3 aromatic rings. The number of nitrogens with one attached hydrogen (secondary N) is 1. The minimum absolute atomic E-state index is 0.0859. The zero-order valence-electron chi connectivity index (χ0n) is 25.6. The van der Waals surface area contributed by atoms with E-state index in [4.69, 9.17) is 0 Å². The van der Waals surface area contributed by atoms with Gasteiger partial charge in [0.25, 0.3) is 0 Å². The van der Waals surface area contributed by atoms with Gasteiger partial charge in [-0.25, -0.2) is 19.9 Å². The summed E-state index contributed by atoms with van der Waals surface area (Å²) in [6.45, 7) is 14.9. The Bertz CT molecular complexity index is 1100. The van der Waals surface area contributed by atoms with Gasteiger partial charge in [-0.05, 0) is 56.7 Å². The first-order chi connectivity index (χ1) is 18.9. The molecule has 1 fully saturated rings. The van der Waals surface area contributed by atoms with E-state index in [-0.39, 0.29) is 5.91 Å². The minimum Gasteiger partial charge on any atom is -0.362 e. The molecule has 0 atom stereocenters. The van der Waals surface area contributed by atoms with Crippen molar-refractivity contribution in [2.45, 2.75) is 85.7 Å². The van der Waals surface area contributed by atoms with E-state index < -0.39 is 0 Å². The lowest BCUT2D eigenvalue weighted by molar-refractivity contribution is -0.118. The Labute approximate surface area is 241 Å². The Balaban J connectivity index is 0.000000366. The summed E-state index contributed by atoms with van der Waals surface area (Å²) in [5, 5.41) is 4.83. The van der Waals surface area contributed by atoms with Gasteiger partial charge >= 0.3 is 0 Å². The smallest absolute Gasteiger partial charge is 0.230 e. The summed E-state index contributed by atoms with van der Waals surface area (Å²) in [7, 11) is 3.99. The molecule has 1 amide bonds. The van der Waals surface area contributed by atoms with Gasteiger partial charge in [-0.1, -0.05) is 77.8 Å². The number of carbonyl (C=O) groups is 1. The molecule has 1 N–H and O–H groups in total. The number of fused-ring (bicyclic) bond motifs is 1. The van der Waals surface area contributed by atoms with Crippen molar-refractivity contribution >= 4 is 34.4 Å². The molecule has 1 aliphatic rings. The van der Waals surface area contributed by atoms with Crippen LogP contribution in [0.25, 0.3) is 10.9 Å². The largest absolute Gasteiger partial charge is 0.362 e. The number of carbonyl (C=O) groups excluding carboxylic acids is 1. The number of benzene rings is 1. The molecule has 2 aromatic heterocycles. The van der Waals surface area contributed by atoms with Crippen molar-refractivity contribution in [2.75, 3.05) is 31.3 Å². The van der Waals surface area contributed by atoms with E-state index in [9.17, 15) is 4.79 Å². The standard InChI is InChI=1S/C16H25N3OS.C11H13N3.2C2H6/c1-3-13-4-6-14(7-5-13)10-18-15(20)11-21-16-17-9-8-12(2)19-16;1-8-12-10-7-5-4-6-9(10)11(13-8)14(2)3;2*1-2/h8-9,13-14H,3-7,10-11H2,1-2H3,(H,18,20);4-7H,1-3H3;2*1-2H3. The van der Waals surface area contributed by atoms with Crippen molar-refractivity contribution in [3.63, 3.8) is 0 Å². The molecule has 1 aromatic carbocycles. The number of amides is 1. The maximum absolute atomic E-state index is 11.9. The molecule has 8 heteroatoms. The van der Waals surface area contributed by atoms with E-state index in [1.54, 1.807) is 6.20 Å². The summed E-state index contributed by atoms with van der Waals surface area (Å²) in [5.41, 5.74) is 1.93. The van der Waals surface area contributed by atoms with Crippen molar-refractivity contribution in [2.24, 2.45) is 11.8 Å². The predicted octanol–water partition coefficient (Wildman–Crippen LogP) is 7.27. The summed E-state index contributed by atoms with van der Waals surface area (Å²) in [6.07, 6.45) is 8.19. The van der Waals surface area contributed by atoms with Crippen LogP contribution in [0, 0.1) is 25.7 Å². The monoisotopic (exact) mass is 554 g/mol. The normalized spacial score (nSPS) is 15.9. The van der Waals surface area contributed by atoms with Gasteiger partial charge in [-0.3, -0.25) is 4.79 Å². The van der Waals surface area contributed by atoms with Crippen molar-refractivity contribution in [3.8, 4) is 0 Å². The van der Waals surface area contributed by atoms with Gasteiger partial charge in [0, 0.05) is 37.9 Å². The van der Waals surface area contributed by atoms with E-state index >= 15 is 0 Å². The summed E-state index contributed by atoms with van der Waals surface area (Å²) < 4.78 is 0. The topological polar surface area (TPSA) is 83.9 Å². The number of aromatic nitrogens is 4. The van der Waals surface area contributed by atoms with Crippen LogP contribution < -0.4 is 10.2 Å². The first kappa shape index (κ1) is 34.3. The van der Waals surface area contributed by atoms with Crippen LogP contribution in [0.15, 0.2) is 41.7 Å². The first-order valence-corrected chi connectivity index (χ1v) is 15.4. The van der Waals surface area contributed by atoms with Gasteiger partial charge < -0.3 is 10.2 Å². The van der Waals surface area contributed by atoms with Crippen LogP contribution >= 0.6 is 11.8 Å². The number of thioether (sulfide) groups is 1. The Hall–Kier alpha value is -2.74. The Kier molecular flexibility index (Phi) is 17.0. The zero-order valence-corrected chi connectivity index (χ0v) is 26.4. The predicted molar refractivity (Wildman–Crippen MR) is 168 cm³/mol. The quantitative estimate of drug-likeness (QED) is 0.243. The summed E-state index contributed by atoms with van der Waals surface area (Å²) in [6, 6.07) is 9.92. The van der Waals surface area contributed by atoms with Crippen molar-refractivity contribution in [1.82, 2.24) is 25.3 Å². The molecular weight excluding hydrogens is 504 g/mol. The SMILES string of the molecule is CC.CC.CCC1CCC(CNC(=O)CSc2nccc(C)n2)CC1.Cc1nc(N(C)C)c2ccccc2n1. The van der Waals surface area contributed by atoms with Gasteiger partial charge in [0.2, 0.25) is 5.91 Å². The van der Waals surface area contributed by atoms with E-state index in [0.717, 1.165) is 40.7 Å². The Morgan fingerprint density at radius 2 is 1.59 bits per heavy atom. The first-order valence-electron chi connectivity index (χ1n) is 14.5. The number of anilines is 1. The van der Waals surface area contributed by atoms with Crippen molar-refractivity contribution in [1.29, 1.82) is 0 Å². The lowest BCUT2D eigenvalue weighted by Gasteiger charge is -2.27. The lowest BCUT2D eigenvalue weighted by atomic mass is 9.81. The molecule has 0 unspecified atom stereocenters. The highest BCUT2D eigenvalue weighted by atomic mass is 32.2. The third-order valence-electron chi connectivity index (χ3n) is 6.36. The summed E-state index contributed by atoms with van der Waals surface area (Å²) in [4.78, 5) is 31.1. The van der Waals surface area contributed by atoms with Crippen LogP contribution in [0.3, 0.4) is 0 Å². The number of hydrogen-bond donors (Lipinski definition) is 1. The van der Waals surface area contributed by atoms with E-state index in [1.165, 1.54) is 43.9 Å². The fourth-order valence-corrected chi connectivity index (χ4v) is 5.00. The van der Waals surface area contributed by atoms with Crippen LogP contribution in [-0.2, 0) is 4.79 Å². The van der Waals surface area contributed by atoms with Gasteiger partial charge in [0.1, 0.15) is 11.6 Å². The van der Waals surface area contributed by atoms with Crippen LogP contribution in [0.4, 0.5) is 5.82 Å². The molecule has 0 aliphatic heterocycles. The molecule has 2 heterocycles. The van der Waals surface area contributed by atoms with Gasteiger partial charge in [-0.2, -0.15) is 0 Å². The molecule has 7 nitrogen and oxygen atoms in total. The third kappa shape index (κ3) is 12.3. The average Bonchev–Trinajstić information content (AvgIpc) is 2.97. The maximum Gasteiger partial charge on any atom is 0.230 e. The highest BCUT2D eigenvalue weighted by molar-refractivity contribution is 7.99. The highest BCUT2D eigenvalue weighted by Gasteiger charge is 2.20. The highest BCUT2D eigenvalue weighted by Crippen LogP contribution is 2.30. The Morgan fingerprint density at radius 3 is 2.21 bits per heavy atom. The van der Waals surface area contributed by atoms with E-state index in [2.05, 4.69) is 32.2 Å². The number of nitrogens with zero attached hydrogens (tertiary/aromatic N) is 5. The van der Waals surface area contributed by atoms with Crippen molar-refractivity contribution in [3.05, 3.63) is 48.0 Å². The molecule has 216 valence electrons. The molecule has 4 rings (SSSR count). The molecule has 0 bridgehead atoms. The van der Waals surface area contributed by atoms with Gasteiger partial charge in [0.15, 0.2) is 5.16 Å². The fraction of sp³-hybridized carbons (Fsp3) is 0.581. The summed E-state index contributed by atoms with van der Waals surface area (Å²) >= 11 is 1.40. The van der Waals surface area contributed by atoms with Crippen LogP contribution in [0.5, 0.6) is 0 Å². The fourth-order valence-electron chi connectivity index (χ4n) is 4.29. The third-order valence-corrected chi connectivity index (χ3v) is 7.22. The second-order valence-corrected chi connectivity index (χ2v) is 10.3. The average molecular weight is 555 g/mol. The molecular formula is C31H50N6OS. The molecule has 0 radical (unpaired) electrons. The second kappa shape index (κ2) is 19.3. The molecule has 39 heavy (non-hydrogen) atoms. The van der Waals surface area contributed by atoms with Crippen LogP contribution in [0.1, 0.15) is 78.2 Å². The van der Waals surface area contributed by atoms with E-state index in [1.807, 2.05) is 90.9 Å². The summed E-state index contributed by atoms with van der Waals surface area (Å²) in [5.74, 6) is 3.85. The van der Waals surface area contributed by atoms with Crippen LogP contribution in [-0.4, -0.2) is 52.2 Å². The Morgan fingerprint density at radius 1 is 0.949 bits per heavy atom. The number of hydrogen-bond acceptors (Lipinski definition) is 7. The van der Waals surface area contributed by atoms with Crippen LogP contribution in [0.2, 0.25) is 0 Å². The molecule has 1 saturated carbocycles. The zero-order chi connectivity index (χ0) is 29.2. The van der Waals surface area contributed by atoms with Gasteiger partial charge in [-0.15, -0.1) is 0 Å². The van der Waals surface area contributed by atoms with E-state index in [0.29, 0.717) is 16.8 Å². The van der Waals surface area contributed by atoms with Crippen molar-refractivity contribution < 1.29 is 4.79 Å². The molecule has 0 saturated heterocycles. The maximum atomic E-state index is 11.9. The molecule has 0 spiro atoms. The van der Waals surface area contributed by atoms with Gasteiger partial charge in [0.05, 0.1) is 11.3 Å². The number of aryl methyl sites for hydroxylation is 2. The molecule has 1 aliphatic carbocycles. The second-order valence-electron chi connectivity index (χ2n) is 9.37.